The van der Waals surface area contributed by atoms with Crippen LogP contribution in [-0.4, -0.2) is 11.5 Å². The molecule has 2 heterocycles. The number of fused-ring (bicyclic) bond motifs is 1. The lowest BCUT2D eigenvalue weighted by atomic mass is 9.83. The number of rotatable bonds is 0. The summed E-state index contributed by atoms with van der Waals surface area (Å²) in [7, 11) is 0. The number of hydrogen-bond donors (Lipinski definition) is 1. The van der Waals surface area contributed by atoms with Gasteiger partial charge in [0.2, 0.25) is 0 Å². The molecule has 0 fully saturated rings. The molecule has 70 valence electrons. The van der Waals surface area contributed by atoms with Crippen LogP contribution >= 0.6 is 11.6 Å². The molecular weight excluding hydrogens is 184 g/mol. The van der Waals surface area contributed by atoms with E-state index in [-0.39, 0.29) is 0 Å². The fraction of sp³-hybridized carbons (Fsp3) is 0.500. The maximum atomic E-state index is 5.80. The second-order valence-corrected chi connectivity index (χ2v) is 4.72. The summed E-state index contributed by atoms with van der Waals surface area (Å²) in [6.07, 6.45) is 1.07. The third-order valence-corrected chi connectivity index (χ3v) is 2.56. The quantitative estimate of drug-likeness (QED) is 0.646. The Balaban J connectivity index is 2.37. The van der Waals surface area contributed by atoms with Gasteiger partial charge >= 0.3 is 0 Å². The van der Waals surface area contributed by atoms with Gasteiger partial charge in [-0.1, -0.05) is 31.5 Å². The fourth-order valence-corrected chi connectivity index (χ4v) is 1.81. The van der Waals surface area contributed by atoms with E-state index in [0.29, 0.717) is 10.6 Å². The highest BCUT2D eigenvalue weighted by atomic mass is 35.5. The Kier molecular flexibility index (Phi) is 1.95. The molecule has 1 aromatic rings. The number of halogens is 1. The second-order valence-electron chi connectivity index (χ2n) is 4.34. The molecule has 0 saturated carbocycles. The highest BCUT2D eigenvalue weighted by molar-refractivity contribution is 6.29. The fourth-order valence-electron chi connectivity index (χ4n) is 1.66. The molecule has 0 aromatic carbocycles. The zero-order valence-electron chi connectivity index (χ0n) is 7.89. The van der Waals surface area contributed by atoms with Crippen molar-refractivity contribution in [2.45, 2.75) is 20.3 Å². The van der Waals surface area contributed by atoms with Crippen LogP contribution in [0.5, 0.6) is 0 Å². The molecule has 1 N–H and O–H groups in total. The van der Waals surface area contributed by atoms with E-state index in [1.54, 1.807) is 0 Å². The lowest BCUT2D eigenvalue weighted by Crippen LogP contribution is -2.31. The predicted molar refractivity (Wildman–Crippen MR) is 55.2 cm³/mol. The van der Waals surface area contributed by atoms with Crippen molar-refractivity contribution in [3.05, 3.63) is 22.8 Å². The van der Waals surface area contributed by atoms with Crippen molar-refractivity contribution in [1.82, 2.24) is 4.98 Å². The molecule has 0 aliphatic carbocycles. The Morgan fingerprint density at radius 1 is 1.46 bits per heavy atom. The van der Waals surface area contributed by atoms with Crippen molar-refractivity contribution >= 4 is 17.4 Å². The van der Waals surface area contributed by atoms with E-state index < -0.39 is 0 Å². The van der Waals surface area contributed by atoms with E-state index in [1.807, 2.05) is 6.07 Å². The number of aromatic nitrogens is 1. The molecule has 0 spiro atoms. The number of nitrogens with zero attached hydrogens (tertiary/aromatic N) is 1. The predicted octanol–water partition coefficient (Wildman–Crippen LogP) is 2.73. The minimum absolute atomic E-state index is 0.322. The molecule has 0 unspecified atom stereocenters. The molecule has 2 nitrogen and oxygen atoms in total. The molecule has 1 aliphatic heterocycles. The van der Waals surface area contributed by atoms with Gasteiger partial charge in [0.05, 0.1) is 0 Å². The number of pyridine rings is 1. The van der Waals surface area contributed by atoms with Gasteiger partial charge in [-0.3, -0.25) is 0 Å². The molecule has 2 rings (SSSR count). The van der Waals surface area contributed by atoms with E-state index in [1.165, 1.54) is 5.56 Å². The van der Waals surface area contributed by atoms with E-state index in [2.05, 4.69) is 30.2 Å². The maximum Gasteiger partial charge on any atom is 0.131 e. The first-order chi connectivity index (χ1) is 6.07. The third-order valence-electron chi connectivity index (χ3n) is 2.35. The van der Waals surface area contributed by atoms with E-state index in [9.17, 15) is 0 Å². The first-order valence-electron chi connectivity index (χ1n) is 4.46. The van der Waals surface area contributed by atoms with Gasteiger partial charge in [0.25, 0.3) is 0 Å². The standard InChI is InChI=1S/C10H13ClN2/c1-10(2)5-7-3-4-8(11)13-9(7)12-6-10/h3-4H,5-6H2,1-2H3,(H,12,13). The number of hydrogen-bond acceptors (Lipinski definition) is 2. The van der Waals surface area contributed by atoms with Gasteiger partial charge in [-0.25, -0.2) is 4.98 Å². The molecular formula is C10H13ClN2. The summed E-state index contributed by atoms with van der Waals surface area (Å²) in [5, 5.41) is 3.86. The normalized spacial score (nSPS) is 19.0. The van der Waals surface area contributed by atoms with Crippen LogP contribution in [0.15, 0.2) is 12.1 Å². The van der Waals surface area contributed by atoms with Gasteiger partial charge in [-0.05, 0) is 23.5 Å². The molecule has 0 radical (unpaired) electrons. The summed E-state index contributed by atoms with van der Waals surface area (Å²) >= 11 is 5.80. The average molecular weight is 197 g/mol. The van der Waals surface area contributed by atoms with Crippen molar-refractivity contribution in [1.29, 1.82) is 0 Å². The molecule has 3 heteroatoms. The highest BCUT2D eigenvalue weighted by Gasteiger charge is 2.25. The minimum atomic E-state index is 0.322. The number of nitrogens with one attached hydrogen (secondary N) is 1. The lowest BCUT2D eigenvalue weighted by molar-refractivity contribution is 0.377. The van der Waals surface area contributed by atoms with Gasteiger partial charge in [0.15, 0.2) is 0 Å². The largest absolute Gasteiger partial charge is 0.369 e. The Morgan fingerprint density at radius 2 is 2.23 bits per heavy atom. The Hall–Kier alpha value is -0.760. The third kappa shape index (κ3) is 1.78. The highest BCUT2D eigenvalue weighted by Crippen LogP contribution is 2.31. The second kappa shape index (κ2) is 2.88. The summed E-state index contributed by atoms with van der Waals surface area (Å²) in [5.74, 6) is 0.951. The molecule has 0 amide bonds. The topological polar surface area (TPSA) is 24.9 Å². The van der Waals surface area contributed by atoms with Crippen LogP contribution in [0.2, 0.25) is 5.15 Å². The van der Waals surface area contributed by atoms with Crippen LogP contribution < -0.4 is 5.32 Å². The van der Waals surface area contributed by atoms with Gasteiger partial charge in [-0.15, -0.1) is 0 Å². The van der Waals surface area contributed by atoms with Gasteiger partial charge in [-0.2, -0.15) is 0 Å². The van der Waals surface area contributed by atoms with Gasteiger partial charge in [0, 0.05) is 6.54 Å². The van der Waals surface area contributed by atoms with Crippen LogP contribution in [0, 0.1) is 5.41 Å². The zero-order chi connectivity index (χ0) is 9.47. The van der Waals surface area contributed by atoms with Crippen molar-refractivity contribution in [3.63, 3.8) is 0 Å². The van der Waals surface area contributed by atoms with Crippen LogP contribution in [0.4, 0.5) is 5.82 Å². The molecule has 13 heavy (non-hydrogen) atoms. The molecule has 0 atom stereocenters. The van der Waals surface area contributed by atoms with Crippen molar-refractivity contribution in [3.8, 4) is 0 Å². The number of anilines is 1. The summed E-state index contributed by atoms with van der Waals surface area (Å²) in [5.41, 5.74) is 1.59. The Labute approximate surface area is 83.3 Å². The van der Waals surface area contributed by atoms with Crippen molar-refractivity contribution in [2.24, 2.45) is 5.41 Å². The van der Waals surface area contributed by atoms with Crippen molar-refractivity contribution in [2.75, 3.05) is 11.9 Å². The van der Waals surface area contributed by atoms with Crippen LogP contribution in [0.1, 0.15) is 19.4 Å². The van der Waals surface area contributed by atoms with E-state index in [4.69, 9.17) is 11.6 Å². The minimum Gasteiger partial charge on any atom is -0.369 e. The Bertz CT molecular complexity index is 334. The SMILES string of the molecule is CC1(C)CNc2nc(Cl)ccc2C1. The monoisotopic (exact) mass is 196 g/mol. The average Bonchev–Trinajstić information content (AvgIpc) is 2.05. The summed E-state index contributed by atoms with van der Waals surface area (Å²) in [6, 6.07) is 3.90. The van der Waals surface area contributed by atoms with Gasteiger partial charge in [0.1, 0.15) is 11.0 Å². The first kappa shape index (κ1) is 8.82. The molecule has 0 bridgehead atoms. The Morgan fingerprint density at radius 3 is 3.00 bits per heavy atom. The molecule has 1 aliphatic rings. The summed E-state index contributed by atoms with van der Waals surface area (Å²) in [6.45, 7) is 5.46. The van der Waals surface area contributed by atoms with E-state index >= 15 is 0 Å². The zero-order valence-corrected chi connectivity index (χ0v) is 8.65. The van der Waals surface area contributed by atoms with Crippen LogP contribution in [0.3, 0.4) is 0 Å². The van der Waals surface area contributed by atoms with E-state index in [0.717, 1.165) is 18.8 Å². The molecule has 0 saturated heterocycles. The van der Waals surface area contributed by atoms with Crippen molar-refractivity contribution < 1.29 is 0 Å². The van der Waals surface area contributed by atoms with Crippen LogP contribution in [-0.2, 0) is 6.42 Å². The lowest BCUT2D eigenvalue weighted by Gasteiger charge is -2.31. The maximum absolute atomic E-state index is 5.80. The van der Waals surface area contributed by atoms with Crippen LogP contribution in [0.25, 0.3) is 0 Å². The summed E-state index contributed by atoms with van der Waals surface area (Å²) in [4.78, 5) is 4.23. The first-order valence-corrected chi connectivity index (χ1v) is 4.84. The molecule has 1 aromatic heterocycles. The smallest absolute Gasteiger partial charge is 0.131 e. The van der Waals surface area contributed by atoms with Gasteiger partial charge < -0.3 is 5.32 Å². The summed E-state index contributed by atoms with van der Waals surface area (Å²) < 4.78 is 0.